The molecule has 4 aliphatic rings. The number of furan rings is 1. The van der Waals surface area contributed by atoms with E-state index in [1.165, 1.54) is 7.11 Å². The molecule has 7 atom stereocenters. The van der Waals surface area contributed by atoms with Gasteiger partial charge in [-0.1, -0.05) is 34.3 Å². The van der Waals surface area contributed by atoms with Crippen molar-refractivity contribution in [2.24, 2.45) is 28.1 Å². The molecule has 4 fully saturated rings. The number of Topliss-reactive ketones (excluding diaryl/α,β-unsaturated/α-hetero) is 1. The number of carbonyl (C=O) groups is 3. The van der Waals surface area contributed by atoms with Gasteiger partial charge >= 0.3 is 11.9 Å². The van der Waals surface area contributed by atoms with E-state index < -0.39 is 34.1 Å². The summed E-state index contributed by atoms with van der Waals surface area (Å²) in [6, 6.07) is 1.82. The lowest BCUT2D eigenvalue weighted by atomic mass is 9.41. The molecule has 0 aromatic carbocycles. The summed E-state index contributed by atoms with van der Waals surface area (Å²) < 4.78 is 23.2. The number of esters is 2. The van der Waals surface area contributed by atoms with Gasteiger partial charge in [-0.3, -0.25) is 14.4 Å². The Labute approximate surface area is 200 Å². The SMILES string of the molecule is C=C1C2CC[C@@]3(C)[C@H](c4ccoc4)OC(=O)CC13O[C@H]1CC(=O)C(C)(C)C(CC(=O)OC)C21C. The molecule has 2 aliphatic carbocycles. The third kappa shape index (κ3) is 2.76. The van der Waals surface area contributed by atoms with Crippen molar-refractivity contribution in [1.82, 2.24) is 0 Å². The summed E-state index contributed by atoms with van der Waals surface area (Å²) in [7, 11) is 1.38. The largest absolute Gasteiger partial charge is 0.472 e. The average molecular weight is 471 g/mol. The highest BCUT2D eigenvalue weighted by atomic mass is 16.6. The number of hydrogen-bond acceptors (Lipinski definition) is 7. The lowest BCUT2D eigenvalue weighted by Gasteiger charge is -2.70. The Kier molecular flexibility index (Phi) is 5.01. The zero-order valence-corrected chi connectivity index (χ0v) is 20.6. The van der Waals surface area contributed by atoms with Crippen LogP contribution in [0.3, 0.4) is 0 Å². The number of fused-ring (bicyclic) bond motifs is 3. The summed E-state index contributed by atoms with van der Waals surface area (Å²) in [4.78, 5) is 38.8. The van der Waals surface area contributed by atoms with E-state index in [9.17, 15) is 14.4 Å². The monoisotopic (exact) mass is 470 g/mol. The average Bonchev–Trinajstić information content (AvgIpc) is 3.30. The minimum absolute atomic E-state index is 0.00254. The lowest BCUT2D eigenvalue weighted by molar-refractivity contribution is -0.298. The molecule has 2 bridgehead atoms. The van der Waals surface area contributed by atoms with Gasteiger partial charge in [0.1, 0.15) is 17.5 Å². The molecule has 1 spiro atoms. The zero-order valence-electron chi connectivity index (χ0n) is 20.6. The highest BCUT2D eigenvalue weighted by Crippen LogP contribution is 2.71. The first-order chi connectivity index (χ1) is 15.9. The number of hydrogen-bond donors (Lipinski definition) is 0. The van der Waals surface area contributed by atoms with Crippen molar-refractivity contribution in [3.63, 3.8) is 0 Å². The summed E-state index contributed by atoms with van der Waals surface area (Å²) in [5.74, 6) is -0.889. The second kappa shape index (κ2) is 7.30. The zero-order chi connectivity index (χ0) is 24.7. The van der Waals surface area contributed by atoms with Crippen molar-refractivity contribution in [1.29, 1.82) is 0 Å². The van der Waals surface area contributed by atoms with E-state index in [2.05, 4.69) is 20.4 Å². The molecule has 2 aliphatic heterocycles. The Morgan fingerprint density at radius 1 is 1.24 bits per heavy atom. The fraction of sp³-hybridized carbons (Fsp3) is 0.667. The molecule has 7 nitrogen and oxygen atoms in total. The van der Waals surface area contributed by atoms with Gasteiger partial charge < -0.3 is 18.6 Å². The Bertz CT molecular complexity index is 1060. The van der Waals surface area contributed by atoms with Crippen LogP contribution >= 0.6 is 0 Å². The predicted molar refractivity (Wildman–Crippen MR) is 121 cm³/mol. The van der Waals surface area contributed by atoms with Crippen LogP contribution in [0.5, 0.6) is 0 Å². The maximum atomic E-state index is 13.4. The third-order valence-electron chi connectivity index (χ3n) is 9.98. The fourth-order valence-corrected chi connectivity index (χ4v) is 7.88. The summed E-state index contributed by atoms with van der Waals surface area (Å²) >= 11 is 0. The summed E-state index contributed by atoms with van der Waals surface area (Å²) in [5.41, 5.74) is -1.05. The van der Waals surface area contributed by atoms with E-state index >= 15 is 0 Å². The van der Waals surface area contributed by atoms with E-state index in [1.807, 2.05) is 19.9 Å². The van der Waals surface area contributed by atoms with Gasteiger partial charge in [-0.15, -0.1) is 0 Å². The number of ether oxygens (including phenoxy) is 3. The molecule has 3 heterocycles. The van der Waals surface area contributed by atoms with Crippen molar-refractivity contribution in [2.45, 2.75) is 77.6 Å². The van der Waals surface area contributed by atoms with Crippen LogP contribution in [0.1, 0.15) is 71.5 Å². The highest BCUT2D eigenvalue weighted by molar-refractivity contribution is 5.87. The minimum Gasteiger partial charge on any atom is -0.472 e. The van der Waals surface area contributed by atoms with Crippen LogP contribution in [0.25, 0.3) is 0 Å². The lowest BCUT2D eigenvalue weighted by Crippen LogP contribution is -2.72. The first-order valence-corrected chi connectivity index (χ1v) is 12.1. The van der Waals surface area contributed by atoms with Crippen molar-refractivity contribution < 1.29 is 33.0 Å². The van der Waals surface area contributed by atoms with Crippen LogP contribution in [0, 0.1) is 28.1 Å². The van der Waals surface area contributed by atoms with Crippen LogP contribution in [0.15, 0.2) is 35.2 Å². The smallest absolute Gasteiger partial charge is 0.309 e. The molecule has 184 valence electrons. The van der Waals surface area contributed by atoms with Crippen LogP contribution in [0.2, 0.25) is 0 Å². The second-order valence-corrected chi connectivity index (χ2v) is 11.6. The van der Waals surface area contributed by atoms with E-state index in [0.29, 0.717) is 0 Å². The summed E-state index contributed by atoms with van der Waals surface area (Å²) in [6.45, 7) is 12.6. The summed E-state index contributed by atoms with van der Waals surface area (Å²) in [5, 5.41) is 0. The molecule has 7 heteroatoms. The van der Waals surface area contributed by atoms with Crippen LogP contribution in [-0.2, 0) is 28.6 Å². The summed E-state index contributed by atoms with van der Waals surface area (Å²) in [6.07, 6.45) is 4.23. The minimum atomic E-state index is -0.949. The Morgan fingerprint density at radius 3 is 2.62 bits per heavy atom. The molecule has 34 heavy (non-hydrogen) atoms. The number of methoxy groups -OCH3 is 1. The number of cyclic esters (lactones) is 1. The molecular weight excluding hydrogens is 436 g/mol. The molecule has 1 aromatic rings. The number of rotatable bonds is 3. The Balaban J connectivity index is 1.63. The maximum absolute atomic E-state index is 13.4. The van der Waals surface area contributed by atoms with Crippen LogP contribution < -0.4 is 0 Å². The molecule has 1 aromatic heterocycles. The van der Waals surface area contributed by atoms with Crippen LogP contribution in [-0.4, -0.2) is 36.5 Å². The topological polar surface area (TPSA) is 92.0 Å². The van der Waals surface area contributed by atoms with Crippen LogP contribution in [0.4, 0.5) is 0 Å². The molecule has 0 amide bonds. The second-order valence-electron chi connectivity index (χ2n) is 11.6. The van der Waals surface area contributed by atoms with Crippen molar-refractivity contribution in [3.8, 4) is 0 Å². The Morgan fingerprint density at radius 2 is 1.97 bits per heavy atom. The Hall–Kier alpha value is -2.41. The van der Waals surface area contributed by atoms with E-state index in [4.69, 9.17) is 18.6 Å². The van der Waals surface area contributed by atoms with Gasteiger partial charge in [0, 0.05) is 34.7 Å². The van der Waals surface area contributed by atoms with Gasteiger partial charge in [-0.05, 0) is 36.3 Å². The molecule has 5 rings (SSSR count). The van der Waals surface area contributed by atoms with Gasteiger partial charge in [-0.25, -0.2) is 0 Å². The third-order valence-corrected chi connectivity index (χ3v) is 9.98. The van der Waals surface area contributed by atoms with Gasteiger partial charge in [0.15, 0.2) is 0 Å². The van der Waals surface area contributed by atoms with Crippen molar-refractivity contribution >= 4 is 17.7 Å². The molecule has 4 unspecified atom stereocenters. The number of ketones is 1. The first kappa shape index (κ1) is 23.3. The van der Waals surface area contributed by atoms with E-state index in [1.54, 1.807) is 12.5 Å². The van der Waals surface area contributed by atoms with Gasteiger partial charge in [0.2, 0.25) is 0 Å². The van der Waals surface area contributed by atoms with Crippen molar-refractivity contribution in [2.75, 3.05) is 7.11 Å². The van der Waals surface area contributed by atoms with E-state index in [0.717, 1.165) is 24.0 Å². The molecular formula is C27H34O7. The van der Waals surface area contributed by atoms with Gasteiger partial charge in [0.25, 0.3) is 0 Å². The normalized spacial score (nSPS) is 42.9. The first-order valence-electron chi connectivity index (χ1n) is 12.1. The fourth-order valence-electron chi connectivity index (χ4n) is 7.88. The molecule has 0 N–H and O–H groups in total. The molecule has 0 radical (unpaired) electrons. The predicted octanol–water partition coefficient (Wildman–Crippen LogP) is 4.56. The standard InChI is InChI=1S/C27H34O7/c1-15-17-7-9-25(4)23(16-8-10-32-14-16)33-22(30)13-27(15,25)34-20-12-19(28)24(2,3)18(26(17,20)5)11-21(29)31-6/h8,10,14,17-18,20,23H,1,7,9,11-13H2,2-6H3/t17?,18?,20-,23-,25-,26?,27?/m0/s1. The van der Waals surface area contributed by atoms with Crippen molar-refractivity contribution in [3.05, 3.63) is 36.3 Å². The van der Waals surface area contributed by atoms with Gasteiger partial charge in [-0.2, -0.15) is 0 Å². The quantitative estimate of drug-likeness (QED) is 0.472. The van der Waals surface area contributed by atoms with E-state index in [-0.39, 0.29) is 48.8 Å². The maximum Gasteiger partial charge on any atom is 0.309 e. The molecule has 2 saturated heterocycles. The molecule has 2 saturated carbocycles. The van der Waals surface area contributed by atoms with Gasteiger partial charge in [0.05, 0.1) is 32.2 Å². The number of carbonyl (C=O) groups excluding carboxylic acids is 3. The highest BCUT2D eigenvalue weighted by Gasteiger charge is 2.73.